The lowest BCUT2D eigenvalue weighted by Crippen LogP contribution is -2.48. The summed E-state index contributed by atoms with van der Waals surface area (Å²) in [6.07, 6.45) is 2.62. The number of hydrogen-bond donors (Lipinski definition) is 2. The van der Waals surface area contributed by atoms with Gasteiger partial charge in [-0.05, 0) is 56.4 Å². The molecule has 2 atom stereocenters. The van der Waals surface area contributed by atoms with Gasteiger partial charge < -0.3 is 10.1 Å². The molecule has 2 aromatic rings. The number of nitrogens with one attached hydrogen (secondary N) is 2. The van der Waals surface area contributed by atoms with Crippen molar-refractivity contribution in [2.75, 3.05) is 25.2 Å². The molecule has 0 bridgehead atoms. The fraction of sp³-hybridized carbons (Fsp3) is 0.417. The van der Waals surface area contributed by atoms with Crippen LogP contribution < -0.4 is 10.0 Å². The van der Waals surface area contributed by atoms with Gasteiger partial charge in [0.25, 0.3) is 0 Å². The maximum atomic E-state index is 13.0. The van der Waals surface area contributed by atoms with E-state index in [4.69, 9.17) is 4.74 Å². The van der Waals surface area contributed by atoms with Crippen molar-refractivity contribution in [2.24, 2.45) is 5.92 Å². The van der Waals surface area contributed by atoms with Gasteiger partial charge in [-0.1, -0.05) is 48.0 Å². The van der Waals surface area contributed by atoms with E-state index in [1.54, 1.807) is 19.1 Å². The first-order valence-corrected chi connectivity index (χ1v) is 13.7. The number of esters is 1. The number of hydrogen-bond acceptors (Lipinski definition) is 6. The maximum Gasteiger partial charge on any atom is 0.311 e. The van der Waals surface area contributed by atoms with Crippen LogP contribution in [-0.4, -0.2) is 51.5 Å². The molecule has 0 fully saturated rings. The van der Waals surface area contributed by atoms with Crippen LogP contribution in [0.5, 0.6) is 0 Å². The Bertz CT molecular complexity index is 995. The smallest absolute Gasteiger partial charge is 0.311 e. The molecule has 0 aliphatic rings. The van der Waals surface area contributed by atoms with Crippen LogP contribution in [0.25, 0.3) is 0 Å². The molecule has 2 N–H and O–H groups in total. The average molecular weight is 493 g/mol. The molecule has 9 heteroatoms. The topological polar surface area (TPSA) is 102 Å². The quantitative estimate of drug-likeness (QED) is 0.417. The van der Waals surface area contributed by atoms with Crippen LogP contribution >= 0.6 is 11.8 Å². The number of aryl methyl sites for hydroxylation is 1. The van der Waals surface area contributed by atoms with Crippen molar-refractivity contribution in [3.63, 3.8) is 0 Å². The molecule has 1 amide bonds. The van der Waals surface area contributed by atoms with Gasteiger partial charge in [-0.3, -0.25) is 9.59 Å². The third-order valence-electron chi connectivity index (χ3n) is 5.02. The third-order valence-corrected chi connectivity index (χ3v) is 7.15. The molecule has 0 aliphatic heterocycles. The van der Waals surface area contributed by atoms with E-state index in [2.05, 4.69) is 10.0 Å². The van der Waals surface area contributed by atoms with Crippen LogP contribution in [0.4, 0.5) is 0 Å². The van der Waals surface area contributed by atoms with Gasteiger partial charge in [0, 0.05) is 6.54 Å². The first kappa shape index (κ1) is 26.9. The predicted molar refractivity (Wildman–Crippen MR) is 132 cm³/mol. The van der Waals surface area contributed by atoms with Gasteiger partial charge in [-0.25, -0.2) is 8.42 Å². The lowest BCUT2D eigenvalue weighted by Gasteiger charge is -2.21. The first-order valence-electron chi connectivity index (χ1n) is 10.8. The zero-order valence-electron chi connectivity index (χ0n) is 19.2. The van der Waals surface area contributed by atoms with Crippen LogP contribution in [-0.2, 0) is 30.8 Å². The highest BCUT2D eigenvalue weighted by molar-refractivity contribution is 7.98. The van der Waals surface area contributed by atoms with Gasteiger partial charge in [0.15, 0.2) is 0 Å². The Morgan fingerprint density at radius 2 is 1.73 bits per heavy atom. The van der Waals surface area contributed by atoms with Crippen molar-refractivity contribution in [1.29, 1.82) is 0 Å². The van der Waals surface area contributed by atoms with Crippen LogP contribution in [0, 0.1) is 12.8 Å². The fourth-order valence-corrected chi connectivity index (χ4v) is 4.90. The molecule has 0 saturated carbocycles. The van der Waals surface area contributed by atoms with Crippen molar-refractivity contribution in [3.8, 4) is 0 Å². The van der Waals surface area contributed by atoms with E-state index in [9.17, 15) is 18.0 Å². The second kappa shape index (κ2) is 13.4. The number of amides is 1. The molecular weight excluding hydrogens is 460 g/mol. The van der Waals surface area contributed by atoms with Gasteiger partial charge in [0.1, 0.15) is 6.04 Å². The Kier molecular flexibility index (Phi) is 10.9. The Morgan fingerprint density at radius 3 is 2.33 bits per heavy atom. The van der Waals surface area contributed by atoms with Crippen molar-refractivity contribution < 1.29 is 22.7 Å². The highest BCUT2D eigenvalue weighted by Gasteiger charge is 2.27. The number of rotatable bonds is 13. The number of thioether (sulfide) groups is 1. The summed E-state index contributed by atoms with van der Waals surface area (Å²) in [5.74, 6) is -0.851. The van der Waals surface area contributed by atoms with E-state index < -0.39 is 33.9 Å². The van der Waals surface area contributed by atoms with Crippen molar-refractivity contribution in [1.82, 2.24) is 10.0 Å². The van der Waals surface area contributed by atoms with Crippen molar-refractivity contribution >= 4 is 33.7 Å². The molecule has 7 nitrogen and oxygen atoms in total. The normalized spacial score (nSPS) is 13.2. The fourth-order valence-electron chi connectivity index (χ4n) is 3.20. The van der Waals surface area contributed by atoms with Crippen molar-refractivity contribution in [3.05, 3.63) is 65.7 Å². The minimum Gasteiger partial charge on any atom is -0.466 e. The van der Waals surface area contributed by atoms with Crippen LogP contribution in [0.1, 0.15) is 24.5 Å². The highest BCUT2D eigenvalue weighted by Crippen LogP contribution is 2.14. The molecule has 2 rings (SSSR count). The predicted octanol–water partition coefficient (Wildman–Crippen LogP) is 2.93. The maximum absolute atomic E-state index is 13.0. The van der Waals surface area contributed by atoms with Gasteiger partial charge >= 0.3 is 5.97 Å². The number of ether oxygens (including phenoxy) is 1. The second-order valence-corrected chi connectivity index (χ2v) is 10.4. The van der Waals surface area contributed by atoms with Gasteiger partial charge in [-0.2, -0.15) is 16.5 Å². The summed E-state index contributed by atoms with van der Waals surface area (Å²) in [5, 5.41) is 2.76. The Morgan fingerprint density at radius 1 is 1.06 bits per heavy atom. The first-order chi connectivity index (χ1) is 15.8. The van der Waals surface area contributed by atoms with Crippen LogP contribution in [0.3, 0.4) is 0 Å². The van der Waals surface area contributed by atoms with E-state index in [0.29, 0.717) is 18.6 Å². The standard InChI is InChI=1S/C24H32N2O5S2/c1-4-31-24(28)20(16-19-8-6-5-7-9-19)17-25-23(27)22(14-15-32-3)26-33(29,30)21-12-10-18(2)11-13-21/h5-13,20,22,26H,4,14-17H2,1-3H3,(H,25,27). The summed E-state index contributed by atoms with van der Waals surface area (Å²) >= 11 is 1.52. The molecule has 180 valence electrons. The Balaban J connectivity index is 2.11. The van der Waals surface area contributed by atoms with Gasteiger partial charge in [-0.15, -0.1) is 0 Å². The zero-order chi connectivity index (χ0) is 24.3. The molecule has 2 unspecified atom stereocenters. The molecule has 0 aliphatic carbocycles. The summed E-state index contributed by atoms with van der Waals surface area (Å²) in [5.41, 5.74) is 1.89. The molecule has 0 radical (unpaired) electrons. The monoisotopic (exact) mass is 492 g/mol. The minimum absolute atomic E-state index is 0.0502. The lowest BCUT2D eigenvalue weighted by atomic mass is 9.99. The summed E-state index contributed by atoms with van der Waals surface area (Å²) in [6.45, 7) is 3.89. The largest absolute Gasteiger partial charge is 0.466 e. The number of benzene rings is 2. The summed E-state index contributed by atoms with van der Waals surface area (Å²) < 4.78 is 33.3. The van der Waals surface area contributed by atoms with E-state index in [0.717, 1.165) is 11.1 Å². The summed E-state index contributed by atoms with van der Waals surface area (Å²) in [7, 11) is -3.88. The molecule has 0 heterocycles. The Labute approximate surface area is 200 Å². The van der Waals surface area contributed by atoms with E-state index in [-0.39, 0.29) is 18.0 Å². The van der Waals surface area contributed by atoms with Gasteiger partial charge in [0.2, 0.25) is 15.9 Å². The second-order valence-electron chi connectivity index (χ2n) is 7.65. The average Bonchev–Trinajstić information content (AvgIpc) is 2.80. The summed E-state index contributed by atoms with van der Waals surface area (Å²) in [4.78, 5) is 25.5. The van der Waals surface area contributed by atoms with E-state index >= 15 is 0 Å². The van der Waals surface area contributed by atoms with Crippen LogP contribution in [0.2, 0.25) is 0 Å². The van der Waals surface area contributed by atoms with E-state index in [1.165, 1.54) is 23.9 Å². The highest BCUT2D eigenvalue weighted by atomic mass is 32.2. The zero-order valence-corrected chi connectivity index (χ0v) is 20.9. The summed E-state index contributed by atoms with van der Waals surface area (Å²) in [6, 6.07) is 15.0. The van der Waals surface area contributed by atoms with Crippen molar-refractivity contribution in [2.45, 2.75) is 37.6 Å². The third kappa shape index (κ3) is 8.83. The van der Waals surface area contributed by atoms with Crippen LogP contribution in [0.15, 0.2) is 59.5 Å². The molecule has 33 heavy (non-hydrogen) atoms. The number of carbonyl (C=O) groups excluding carboxylic acids is 2. The molecule has 0 aromatic heterocycles. The lowest BCUT2D eigenvalue weighted by molar-refractivity contribution is -0.147. The Hall–Kier alpha value is -2.36. The molecule has 2 aromatic carbocycles. The SMILES string of the molecule is CCOC(=O)C(CNC(=O)C(CCSC)NS(=O)(=O)c1ccc(C)cc1)Cc1ccccc1. The molecule has 0 spiro atoms. The minimum atomic E-state index is -3.88. The van der Waals surface area contributed by atoms with E-state index in [1.807, 2.05) is 43.5 Å². The number of carbonyl (C=O) groups is 2. The van der Waals surface area contributed by atoms with Gasteiger partial charge in [0.05, 0.1) is 17.4 Å². The molecule has 0 saturated heterocycles. The number of sulfonamides is 1. The molecular formula is C24H32N2O5S2.